The van der Waals surface area contributed by atoms with Gasteiger partial charge in [0.1, 0.15) is 5.75 Å². The van der Waals surface area contributed by atoms with E-state index in [1.165, 1.54) is 0 Å². The zero-order valence-electron chi connectivity index (χ0n) is 16.1. The Kier molecular flexibility index (Phi) is 6.09. The number of benzene rings is 1. The highest BCUT2D eigenvalue weighted by molar-refractivity contribution is 5.94. The minimum Gasteiger partial charge on any atom is -0.496 e. The molecule has 2 amide bonds. The SMILES string of the molecule is CCc1cc(C(=O)N2CCN(C(=O)CC(C)(C)C)CC2)ccc1OC. The Morgan fingerprint density at radius 2 is 1.68 bits per heavy atom. The smallest absolute Gasteiger partial charge is 0.253 e. The van der Waals surface area contributed by atoms with Gasteiger partial charge in [-0.1, -0.05) is 27.7 Å². The van der Waals surface area contributed by atoms with Crippen molar-refractivity contribution in [3.63, 3.8) is 0 Å². The van der Waals surface area contributed by atoms with Crippen molar-refractivity contribution in [3.8, 4) is 5.75 Å². The average molecular weight is 346 g/mol. The highest BCUT2D eigenvalue weighted by Crippen LogP contribution is 2.23. The summed E-state index contributed by atoms with van der Waals surface area (Å²) in [6.07, 6.45) is 1.36. The lowest BCUT2D eigenvalue weighted by Crippen LogP contribution is -2.51. The number of hydrogen-bond donors (Lipinski definition) is 0. The largest absolute Gasteiger partial charge is 0.496 e. The Hall–Kier alpha value is -2.04. The summed E-state index contributed by atoms with van der Waals surface area (Å²) in [5.74, 6) is 1.02. The van der Waals surface area contributed by atoms with Gasteiger partial charge in [-0.2, -0.15) is 0 Å². The molecule has 5 heteroatoms. The molecule has 1 aliphatic rings. The predicted octanol–water partition coefficient (Wildman–Crippen LogP) is 2.98. The van der Waals surface area contributed by atoms with Crippen LogP contribution in [0, 0.1) is 5.41 Å². The monoisotopic (exact) mass is 346 g/mol. The third-order valence-corrected chi connectivity index (χ3v) is 4.51. The zero-order valence-corrected chi connectivity index (χ0v) is 16.1. The van der Waals surface area contributed by atoms with Gasteiger partial charge in [-0.25, -0.2) is 0 Å². The quantitative estimate of drug-likeness (QED) is 0.842. The van der Waals surface area contributed by atoms with Gasteiger partial charge in [0.05, 0.1) is 7.11 Å². The molecule has 0 unspecified atom stereocenters. The van der Waals surface area contributed by atoms with Crippen LogP contribution in [0.15, 0.2) is 18.2 Å². The number of methoxy groups -OCH3 is 1. The zero-order chi connectivity index (χ0) is 18.6. The number of ether oxygens (including phenoxy) is 1. The van der Waals surface area contributed by atoms with Crippen LogP contribution in [0.3, 0.4) is 0 Å². The van der Waals surface area contributed by atoms with E-state index in [0.29, 0.717) is 38.2 Å². The Morgan fingerprint density at radius 3 is 2.20 bits per heavy atom. The van der Waals surface area contributed by atoms with Crippen LogP contribution < -0.4 is 4.74 Å². The second kappa shape index (κ2) is 7.89. The first kappa shape index (κ1) is 19.3. The molecule has 0 N–H and O–H groups in total. The van der Waals surface area contributed by atoms with Gasteiger partial charge in [0, 0.05) is 38.2 Å². The van der Waals surface area contributed by atoms with E-state index >= 15 is 0 Å². The lowest BCUT2D eigenvalue weighted by Gasteiger charge is -2.36. The number of amides is 2. The predicted molar refractivity (Wildman–Crippen MR) is 98.9 cm³/mol. The molecule has 1 aliphatic heterocycles. The maximum absolute atomic E-state index is 12.8. The molecule has 0 radical (unpaired) electrons. The summed E-state index contributed by atoms with van der Waals surface area (Å²) in [6.45, 7) is 10.6. The van der Waals surface area contributed by atoms with Crippen LogP contribution in [0.4, 0.5) is 0 Å². The van der Waals surface area contributed by atoms with Crippen LogP contribution in [0.5, 0.6) is 5.75 Å². The van der Waals surface area contributed by atoms with Crippen molar-refractivity contribution in [2.24, 2.45) is 5.41 Å². The van der Waals surface area contributed by atoms with E-state index in [0.717, 1.165) is 17.7 Å². The van der Waals surface area contributed by atoms with E-state index in [9.17, 15) is 9.59 Å². The number of carbonyl (C=O) groups excluding carboxylic acids is 2. The second-order valence-corrected chi connectivity index (χ2v) is 7.79. The number of nitrogens with zero attached hydrogens (tertiary/aromatic N) is 2. The summed E-state index contributed by atoms with van der Waals surface area (Å²) in [5.41, 5.74) is 1.71. The summed E-state index contributed by atoms with van der Waals surface area (Å²) in [4.78, 5) is 28.8. The number of piperazine rings is 1. The van der Waals surface area contributed by atoms with E-state index in [1.54, 1.807) is 7.11 Å². The third kappa shape index (κ3) is 4.97. The van der Waals surface area contributed by atoms with Gasteiger partial charge in [-0.3, -0.25) is 9.59 Å². The fourth-order valence-electron chi connectivity index (χ4n) is 3.09. The van der Waals surface area contributed by atoms with Gasteiger partial charge in [0.2, 0.25) is 5.91 Å². The molecule has 5 nitrogen and oxygen atoms in total. The summed E-state index contributed by atoms with van der Waals surface area (Å²) < 4.78 is 5.33. The van der Waals surface area contributed by atoms with Crippen LogP contribution in [0.2, 0.25) is 0 Å². The lowest BCUT2D eigenvalue weighted by atomic mass is 9.91. The van der Waals surface area contributed by atoms with Crippen molar-refractivity contribution >= 4 is 11.8 Å². The van der Waals surface area contributed by atoms with E-state index < -0.39 is 0 Å². The van der Waals surface area contributed by atoms with E-state index in [1.807, 2.05) is 34.9 Å². The molecule has 0 aliphatic carbocycles. The average Bonchev–Trinajstić information content (AvgIpc) is 2.59. The summed E-state index contributed by atoms with van der Waals surface area (Å²) in [7, 11) is 1.64. The normalized spacial score (nSPS) is 15.2. The van der Waals surface area contributed by atoms with Crippen molar-refractivity contribution < 1.29 is 14.3 Å². The van der Waals surface area contributed by atoms with Gasteiger partial charge in [0.15, 0.2) is 0 Å². The molecule has 0 spiro atoms. The van der Waals surface area contributed by atoms with Crippen molar-refractivity contribution in [3.05, 3.63) is 29.3 Å². The van der Waals surface area contributed by atoms with E-state index in [4.69, 9.17) is 4.74 Å². The molecule has 0 aromatic heterocycles. The molecule has 0 atom stereocenters. The first-order valence-corrected chi connectivity index (χ1v) is 8.99. The molecule has 1 aromatic rings. The molecule has 1 fully saturated rings. The second-order valence-electron chi connectivity index (χ2n) is 7.79. The van der Waals surface area contributed by atoms with Crippen molar-refractivity contribution in [2.75, 3.05) is 33.3 Å². The van der Waals surface area contributed by atoms with Crippen molar-refractivity contribution in [1.29, 1.82) is 0 Å². The molecule has 0 saturated carbocycles. The molecular weight excluding hydrogens is 316 g/mol. The standard InChI is InChI=1S/C20H30N2O3/c1-6-15-13-16(7-8-17(15)25-5)19(24)22-11-9-21(10-12-22)18(23)14-20(2,3)4/h7-8,13H,6,9-12,14H2,1-5H3. The molecule has 1 heterocycles. The fourth-order valence-corrected chi connectivity index (χ4v) is 3.09. The van der Waals surface area contributed by atoms with Crippen LogP contribution in [0.1, 0.15) is 50.0 Å². The highest BCUT2D eigenvalue weighted by atomic mass is 16.5. The lowest BCUT2D eigenvalue weighted by molar-refractivity contribution is -0.134. The molecule has 25 heavy (non-hydrogen) atoms. The van der Waals surface area contributed by atoms with Crippen molar-refractivity contribution in [2.45, 2.75) is 40.5 Å². The Labute approximate surface area is 150 Å². The van der Waals surface area contributed by atoms with Gasteiger partial charge < -0.3 is 14.5 Å². The van der Waals surface area contributed by atoms with Crippen LogP contribution in [-0.2, 0) is 11.2 Å². The molecule has 0 bridgehead atoms. The number of hydrogen-bond acceptors (Lipinski definition) is 3. The molecular formula is C20H30N2O3. The van der Waals surface area contributed by atoms with Gasteiger partial charge in [0.25, 0.3) is 5.91 Å². The third-order valence-electron chi connectivity index (χ3n) is 4.51. The maximum Gasteiger partial charge on any atom is 0.253 e. The fraction of sp³-hybridized carbons (Fsp3) is 0.600. The molecule has 1 aromatic carbocycles. The maximum atomic E-state index is 12.8. The molecule has 1 saturated heterocycles. The summed E-state index contributed by atoms with van der Waals surface area (Å²) in [6, 6.07) is 5.59. The van der Waals surface area contributed by atoms with Gasteiger partial charge in [-0.05, 0) is 35.6 Å². The van der Waals surface area contributed by atoms with Crippen LogP contribution in [-0.4, -0.2) is 54.9 Å². The van der Waals surface area contributed by atoms with Crippen LogP contribution in [0.25, 0.3) is 0 Å². The Bertz CT molecular complexity index is 626. The van der Waals surface area contributed by atoms with Crippen molar-refractivity contribution in [1.82, 2.24) is 9.80 Å². The molecule has 2 rings (SSSR count). The summed E-state index contributed by atoms with van der Waals surface area (Å²) >= 11 is 0. The van der Waals surface area contributed by atoms with Gasteiger partial charge >= 0.3 is 0 Å². The highest BCUT2D eigenvalue weighted by Gasteiger charge is 2.27. The van der Waals surface area contributed by atoms with Crippen LogP contribution >= 0.6 is 0 Å². The summed E-state index contributed by atoms with van der Waals surface area (Å²) in [5, 5.41) is 0. The number of rotatable bonds is 4. The van der Waals surface area contributed by atoms with E-state index in [2.05, 4.69) is 20.8 Å². The molecule has 138 valence electrons. The number of aryl methyl sites for hydroxylation is 1. The minimum absolute atomic E-state index is 0.0102. The minimum atomic E-state index is -0.0102. The Balaban J connectivity index is 1.98. The number of carbonyl (C=O) groups is 2. The van der Waals surface area contributed by atoms with E-state index in [-0.39, 0.29) is 17.2 Å². The first-order chi connectivity index (χ1) is 11.7. The first-order valence-electron chi connectivity index (χ1n) is 8.99. The topological polar surface area (TPSA) is 49.9 Å². The van der Waals surface area contributed by atoms with Gasteiger partial charge in [-0.15, -0.1) is 0 Å². The Morgan fingerprint density at radius 1 is 1.08 bits per heavy atom.